The van der Waals surface area contributed by atoms with Gasteiger partial charge >= 0.3 is 0 Å². The summed E-state index contributed by atoms with van der Waals surface area (Å²) in [6, 6.07) is 0. The van der Waals surface area contributed by atoms with Crippen LogP contribution in [0.4, 0.5) is 8.78 Å². The van der Waals surface area contributed by atoms with E-state index in [0.717, 1.165) is 6.34 Å². The first-order valence-corrected chi connectivity index (χ1v) is 2.54. The summed E-state index contributed by atoms with van der Waals surface area (Å²) >= 11 is 0. The number of nitrogens with zero attached hydrogens (tertiary/aromatic N) is 1. The Morgan fingerprint density at radius 3 is 2.11 bits per heavy atom. The maximum atomic E-state index is 11.8. The minimum Gasteiger partial charge on any atom is -0.390 e. The Balaban J connectivity index is 4.01. The van der Waals surface area contributed by atoms with Gasteiger partial charge in [-0.1, -0.05) is 0 Å². The van der Waals surface area contributed by atoms with Crippen LogP contribution in [-0.4, -0.2) is 18.3 Å². The number of aliphatic imine (C=N–C) groups is 1. The van der Waals surface area contributed by atoms with Crippen molar-refractivity contribution in [2.45, 2.75) is 25.8 Å². The Morgan fingerprint density at radius 1 is 1.56 bits per heavy atom. The topological polar surface area (TPSA) is 38.4 Å². The molecule has 4 heteroatoms. The van der Waals surface area contributed by atoms with E-state index in [0.29, 0.717) is 0 Å². The Bertz CT molecular complexity index is 110. The largest absolute Gasteiger partial charge is 0.390 e. The molecule has 0 aromatic carbocycles. The van der Waals surface area contributed by atoms with Crippen LogP contribution in [-0.2, 0) is 0 Å². The summed E-state index contributed by atoms with van der Waals surface area (Å²) in [4.78, 5) is 3.36. The lowest BCUT2D eigenvalue weighted by molar-refractivity contribution is 0.0756. The molecular formula is C5H10F2N2. The van der Waals surface area contributed by atoms with Gasteiger partial charge in [0.05, 0.1) is 6.34 Å². The molecule has 0 aromatic heterocycles. The second kappa shape index (κ2) is 2.75. The lowest BCUT2D eigenvalue weighted by Gasteiger charge is -2.16. The average molecular weight is 136 g/mol. The maximum absolute atomic E-state index is 11.8. The molecule has 0 aliphatic heterocycles. The molecule has 0 saturated heterocycles. The van der Waals surface area contributed by atoms with Gasteiger partial charge in [-0.2, -0.15) is 0 Å². The van der Waals surface area contributed by atoms with Gasteiger partial charge in [0.1, 0.15) is 5.54 Å². The zero-order valence-electron chi connectivity index (χ0n) is 5.44. The van der Waals surface area contributed by atoms with Crippen LogP contribution in [0.1, 0.15) is 13.8 Å². The van der Waals surface area contributed by atoms with E-state index in [-0.39, 0.29) is 0 Å². The van der Waals surface area contributed by atoms with Gasteiger partial charge in [-0.3, -0.25) is 4.99 Å². The van der Waals surface area contributed by atoms with Gasteiger partial charge in [-0.25, -0.2) is 8.78 Å². The highest BCUT2D eigenvalue weighted by atomic mass is 19.3. The van der Waals surface area contributed by atoms with Gasteiger partial charge in [-0.05, 0) is 13.8 Å². The maximum Gasteiger partial charge on any atom is 0.262 e. The molecule has 2 nitrogen and oxygen atoms in total. The third kappa shape index (κ3) is 2.39. The number of alkyl halides is 2. The third-order valence-corrected chi connectivity index (χ3v) is 0.941. The highest BCUT2D eigenvalue weighted by Gasteiger charge is 2.27. The highest BCUT2D eigenvalue weighted by Crippen LogP contribution is 2.17. The summed E-state index contributed by atoms with van der Waals surface area (Å²) in [6.45, 7) is 2.64. The van der Waals surface area contributed by atoms with Gasteiger partial charge in [0, 0.05) is 0 Å². The van der Waals surface area contributed by atoms with E-state index < -0.39 is 12.0 Å². The molecule has 0 rings (SSSR count). The fourth-order valence-electron chi connectivity index (χ4n) is 0.248. The molecule has 0 aliphatic rings. The van der Waals surface area contributed by atoms with Gasteiger partial charge < -0.3 is 5.73 Å². The smallest absolute Gasteiger partial charge is 0.262 e. The number of nitrogens with two attached hydrogens (primary N) is 1. The Hall–Kier alpha value is -0.670. The molecule has 0 saturated carbocycles. The zero-order valence-corrected chi connectivity index (χ0v) is 5.44. The average Bonchev–Trinajstić information content (AvgIpc) is 1.65. The predicted octanol–water partition coefficient (Wildman–Crippen LogP) is 1.02. The standard InChI is InChI=1S/C5H10F2N2/c1-5(2,4(6)7)9-3-8/h3-4H,1-2H3,(H2,8,9). The molecule has 0 spiro atoms. The van der Waals surface area contributed by atoms with E-state index in [1.807, 2.05) is 0 Å². The zero-order chi connectivity index (χ0) is 7.49. The van der Waals surface area contributed by atoms with Crippen molar-refractivity contribution in [3.05, 3.63) is 0 Å². The van der Waals surface area contributed by atoms with Crippen LogP contribution in [0.15, 0.2) is 4.99 Å². The molecule has 9 heavy (non-hydrogen) atoms. The third-order valence-electron chi connectivity index (χ3n) is 0.941. The van der Waals surface area contributed by atoms with Gasteiger partial charge in [0.15, 0.2) is 0 Å². The summed E-state index contributed by atoms with van der Waals surface area (Å²) in [7, 11) is 0. The molecule has 0 fully saturated rings. The molecule has 0 amide bonds. The van der Waals surface area contributed by atoms with Crippen molar-refractivity contribution < 1.29 is 8.78 Å². The number of hydrogen-bond donors (Lipinski definition) is 1. The van der Waals surface area contributed by atoms with Gasteiger partial charge in [0.2, 0.25) is 0 Å². The van der Waals surface area contributed by atoms with E-state index in [1.165, 1.54) is 13.8 Å². The first kappa shape index (κ1) is 8.33. The molecule has 0 aliphatic carbocycles. The Morgan fingerprint density at radius 2 is 2.00 bits per heavy atom. The normalized spacial score (nSPS) is 13.4. The highest BCUT2D eigenvalue weighted by molar-refractivity contribution is 5.52. The van der Waals surface area contributed by atoms with Crippen molar-refractivity contribution in [2.24, 2.45) is 10.7 Å². The minimum atomic E-state index is -2.46. The van der Waals surface area contributed by atoms with Crippen molar-refractivity contribution in [1.82, 2.24) is 0 Å². The van der Waals surface area contributed by atoms with Crippen molar-refractivity contribution in [3.63, 3.8) is 0 Å². The van der Waals surface area contributed by atoms with E-state index in [1.54, 1.807) is 0 Å². The van der Waals surface area contributed by atoms with Crippen LogP contribution in [0.25, 0.3) is 0 Å². The number of hydrogen-bond acceptors (Lipinski definition) is 1. The molecule has 0 radical (unpaired) electrons. The van der Waals surface area contributed by atoms with E-state index >= 15 is 0 Å². The first-order valence-electron chi connectivity index (χ1n) is 2.54. The quantitative estimate of drug-likeness (QED) is 0.446. The minimum absolute atomic E-state index is 0.895. The van der Waals surface area contributed by atoms with Crippen molar-refractivity contribution >= 4 is 6.34 Å². The van der Waals surface area contributed by atoms with Crippen LogP contribution in [0, 0.1) is 0 Å². The molecule has 0 unspecified atom stereocenters. The summed E-state index contributed by atoms with van der Waals surface area (Å²) in [5, 5.41) is 0. The predicted molar refractivity (Wildman–Crippen MR) is 32.8 cm³/mol. The van der Waals surface area contributed by atoms with Crippen molar-refractivity contribution in [1.29, 1.82) is 0 Å². The lowest BCUT2D eigenvalue weighted by atomic mass is 10.1. The van der Waals surface area contributed by atoms with Crippen LogP contribution in [0.2, 0.25) is 0 Å². The molecule has 0 bridgehead atoms. The summed E-state index contributed by atoms with van der Waals surface area (Å²) in [6.07, 6.45) is -1.57. The lowest BCUT2D eigenvalue weighted by Crippen LogP contribution is -2.27. The second-order valence-electron chi connectivity index (χ2n) is 2.23. The Labute approximate surface area is 52.8 Å². The van der Waals surface area contributed by atoms with Gasteiger partial charge in [-0.15, -0.1) is 0 Å². The SMILES string of the molecule is CC(C)(N=CN)C(F)F. The molecule has 0 heterocycles. The van der Waals surface area contributed by atoms with Crippen LogP contribution >= 0.6 is 0 Å². The number of halogens is 2. The molecule has 54 valence electrons. The Kier molecular flexibility index (Phi) is 2.55. The number of rotatable bonds is 2. The van der Waals surface area contributed by atoms with Crippen LogP contribution in [0.3, 0.4) is 0 Å². The molecule has 0 aromatic rings. The van der Waals surface area contributed by atoms with Crippen molar-refractivity contribution in [3.8, 4) is 0 Å². The second-order valence-corrected chi connectivity index (χ2v) is 2.23. The van der Waals surface area contributed by atoms with E-state index in [2.05, 4.69) is 4.99 Å². The van der Waals surface area contributed by atoms with E-state index in [4.69, 9.17) is 5.73 Å². The molecule has 2 N–H and O–H groups in total. The fourth-order valence-corrected chi connectivity index (χ4v) is 0.248. The fraction of sp³-hybridized carbons (Fsp3) is 0.800. The monoisotopic (exact) mass is 136 g/mol. The van der Waals surface area contributed by atoms with Gasteiger partial charge in [0.25, 0.3) is 6.43 Å². The van der Waals surface area contributed by atoms with Crippen LogP contribution in [0.5, 0.6) is 0 Å². The molecule has 0 atom stereocenters. The van der Waals surface area contributed by atoms with Crippen molar-refractivity contribution in [2.75, 3.05) is 0 Å². The first-order chi connectivity index (χ1) is 4.00. The summed E-state index contributed by atoms with van der Waals surface area (Å²) < 4.78 is 23.7. The van der Waals surface area contributed by atoms with E-state index in [9.17, 15) is 8.78 Å². The summed E-state index contributed by atoms with van der Waals surface area (Å²) in [5.74, 6) is 0. The summed E-state index contributed by atoms with van der Waals surface area (Å²) in [5.41, 5.74) is 3.49. The molecular weight excluding hydrogens is 126 g/mol. The van der Waals surface area contributed by atoms with Crippen LogP contribution < -0.4 is 5.73 Å².